The average molecular weight is 463 g/mol. The molecule has 180 valence electrons. The Morgan fingerprint density at radius 1 is 1.06 bits per heavy atom. The largest absolute Gasteiger partial charge is 0.454 e. The summed E-state index contributed by atoms with van der Waals surface area (Å²) in [6.45, 7) is 2.71. The molecule has 3 atom stereocenters. The first kappa shape index (κ1) is 23.2. The molecule has 33 heavy (non-hydrogen) atoms. The van der Waals surface area contributed by atoms with Crippen LogP contribution in [0.5, 0.6) is 0 Å². The Morgan fingerprint density at radius 2 is 1.64 bits per heavy atom. The van der Waals surface area contributed by atoms with Crippen LogP contribution in [0.3, 0.4) is 0 Å². The number of hydrazine groups is 1. The Balaban J connectivity index is 1.30. The number of imide groups is 2. The summed E-state index contributed by atoms with van der Waals surface area (Å²) in [6.07, 6.45) is 5.57. The number of carbonyl (C=O) groups is 6. The molecule has 1 spiro atoms. The number of hydrogen-bond acceptors (Lipinski definition) is 7. The van der Waals surface area contributed by atoms with Gasteiger partial charge < -0.3 is 10.1 Å². The monoisotopic (exact) mass is 462 g/mol. The zero-order valence-corrected chi connectivity index (χ0v) is 18.9. The van der Waals surface area contributed by atoms with Crippen LogP contribution in [0.15, 0.2) is 0 Å². The molecule has 11 heteroatoms. The molecule has 4 fully saturated rings. The lowest BCUT2D eigenvalue weighted by Gasteiger charge is -2.33. The van der Waals surface area contributed by atoms with Gasteiger partial charge >= 0.3 is 12.0 Å². The molecule has 0 radical (unpaired) electrons. The maximum atomic E-state index is 12.8. The zero-order valence-electron chi connectivity index (χ0n) is 18.9. The van der Waals surface area contributed by atoms with Gasteiger partial charge in [0, 0.05) is 0 Å². The van der Waals surface area contributed by atoms with E-state index in [9.17, 15) is 28.8 Å². The predicted molar refractivity (Wildman–Crippen MR) is 112 cm³/mol. The fourth-order valence-corrected chi connectivity index (χ4v) is 5.40. The molecule has 2 saturated carbocycles. The summed E-state index contributed by atoms with van der Waals surface area (Å²) in [7, 11) is 0. The number of nitrogens with zero attached hydrogens (tertiary/aromatic N) is 2. The highest BCUT2D eigenvalue weighted by atomic mass is 16.5. The molecule has 2 saturated heterocycles. The normalized spacial score (nSPS) is 32.6. The molecule has 4 aliphatic rings. The minimum absolute atomic E-state index is 0.370. The lowest BCUT2D eigenvalue weighted by Crippen LogP contribution is -2.52. The minimum atomic E-state index is -1.16. The van der Waals surface area contributed by atoms with E-state index < -0.39 is 42.0 Å². The third-order valence-electron chi connectivity index (χ3n) is 7.48. The number of esters is 1. The highest BCUT2D eigenvalue weighted by Crippen LogP contribution is 2.39. The van der Waals surface area contributed by atoms with Gasteiger partial charge in [-0.05, 0) is 51.4 Å². The molecule has 11 nitrogen and oxygen atoms in total. The van der Waals surface area contributed by atoms with Gasteiger partial charge in [0.1, 0.15) is 11.6 Å². The lowest BCUT2D eigenvalue weighted by molar-refractivity contribution is -0.160. The minimum Gasteiger partial charge on any atom is -0.454 e. The van der Waals surface area contributed by atoms with Crippen molar-refractivity contribution in [2.24, 2.45) is 17.8 Å². The second-order valence-electron chi connectivity index (χ2n) is 9.70. The predicted octanol–water partition coefficient (Wildman–Crippen LogP) is 0.625. The molecule has 2 heterocycles. The van der Waals surface area contributed by atoms with E-state index >= 15 is 0 Å². The van der Waals surface area contributed by atoms with Crippen LogP contribution >= 0.6 is 0 Å². The summed E-state index contributed by atoms with van der Waals surface area (Å²) < 4.78 is 4.99. The third-order valence-corrected chi connectivity index (χ3v) is 7.48. The van der Waals surface area contributed by atoms with E-state index in [2.05, 4.69) is 17.7 Å². The summed E-state index contributed by atoms with van der Waals surface area (Å²) in [6, 6.07) is -1.88. The topological polar surface area (TPSA) is 142 Å². The van der Waals surface area contributed by atoms with Crippen molar-refractivity contribution in [3.63, 3.8) is 0 Å². The molecule has 4 rings (SSSR count). The summed E-state index contributed by atoms with van der Waals surface area (Å²) in [5.74, 6) is -3.35. The molecule has 0 aromatic heterocycles. The van der Waals surface area contributed by atoms with Gasteiger partial charge in [0.2, 0.25) is 11.8 Å². The van der Waals surface area contributed by atoms with E-state index in [0.29, 0.717) is 36.6 Å². The van der Waals surface area contributed by atoms with Gasteiger partial charge in [-0.3, -0.25) is 29.5 Å². The van der Waals surface area contributed by atoms with E-state index in [1.165, 1.54) is 6.92 Å². The van der Waals surface area contributed by atoms with Gasteiger partial charge in [-0.1, -0.05) is 19.8 Å². The molecule has 0 aromatic rings. The summed E-state index contributed by atoms with van der Waals surface area (Å²) in [4.78, 5) is 76.0. The fraction of sp³-hybridized carbons (Fsp3) is 0.727. The van der Waals surface area contributed by atoms with Crippen molar-refractivity contribution in [3.05, 3.63) is 0 Å². The van der Waals surface area contributed by atoms with Crippen molar-refractivity contribution in [3.8, 4) is 0 Å². The molecule has 0 aromatic carbocycles. The lowest BCUT2D eigenvalue weighted by atomic mass is 9.77. The maximum absolute atomic E-state index is 12.8. The van der Waals surface area contributed by atoms with Crippen LogP contribution in [0, 0.1) is 17.8 Å². The smallest absolute Gasteiger partial charge is 0.344 e. The SMILES string of the molecule is CC1CCC2(CC1)NC(=O)N(NC(=O)COC(=O)C(C)N1C(=O)C3CCCCC3C1=O)C2=O. The van der Waals surface area contributed by atoms with Gasteiger partial charge in [0.15, 0.2) is 6.61 Å². The zero-order chi connectivity index (χ0) is 23.9. The van der Waals surface area contributed by atoms with Gasteiger partial charge in [0.25, 0.3) is 11.8 Å². The van der Waals surface area contributed by atoms with Gasteiger partial charge in [-0.15, -0.1) is 0 Å². The molecule has 0 bridgehead atoms. The van der Waals surface area contributed by atoms with E-state index in [4.69, 9.17) is 4.74 Å². The first-order valence-corrected chi connectivity index (χ1v) is 11.6. The number of likely N-dealkylation sites (tertiary alicyclic amines) is 1. The van der Waals surface area contributed by atoms with E-state index in [0.717, 1.165) is 30.6 Å². The van der Waals surface area contributed by atoms with Crippen molar-refractivity contribution < 1.29 is 33.5 Å². The summed E-state index contributed by atoms with van der Waals surface area (Å²) in [5, 5.41) is 3.32. The van der Waals surface area contributed by atoms with E-state index in [1.54, 1.807) is 0 Å². The molecule has 6 amide bonds. The number of urea groups is 1. The number of ether oxygens (including phenoxy) is 1. The third kappa shape index (κ3) is 4.08. The molecule has 2 aliphatic carbocycles. The maximum Gasteiger partial charge on any atom is 0.344 e. The number of rotatable bonds is 5. The van der Waals surface area contributed by atoms with Gasteiger partial charge in [-0.2, -0.15) is 5.01 Å². The molecular weight excluding hydrogens is 432 g/mol. The Bertz CT molecular complexity index is 871. The number of fused-ring (bicyclic) bond motifs is 1. The summed E-state index contributed by atoms with van der Waals surface area (Å²) in [5.41, 5.74) is 1.19. The molecular formula is C22H30N4O7. The van der Waals surface area contributed by atoms with Crippen LogP contribution in [0.2, 0.25) is 0 Å². The van der Waals surface area contributed by atoms with Crippen molar-refractivity contribution in [2.45, 2.75) is 76.8 Å². The fourth-order valence-electron chi connectivity index (χ4n) is 5.40. The Labute approximate surface area is 191 Å². The molecule has 2 aliphatic heterocycles. The van der Waals surface area contributed by atoms with Crippen LogP contribution in [0.25, 0.3) is 0 Å². The van der Waals surface area contributed by atoms with Crippen molar-refractivity contribution in [2.75, 3.05) is 6.61 Å². The first-order chi connectivity index (χ1) is 15.6. The summed E-state index contributed by atoms with van der Waals surface area (Å²) >= 11 is 0. The molecule has 2 N–H and O–H groups in total. The van der Waals surface area contributed by atoms with E-state index in [-0.39, 0.29) is 23.7 Å². The van der Waals surface area contributed by atoms with Gasteiger partial charge in [0.05, 0.1) is 11.8 Å². The highest BCUT2D eigenvalue weighted by molar-refractivity contribution is 6.09. The van der Waals surface area contributed by atoms with Gasteiger partial charge in [-0.25, -0.2) is 9.59 Å². The first-order valence-electron chi connectivity index (χ1n) is 11.6. The number of hydrogen-bond donors (Lipinski definition) is 2. The standard InChI is InChI=1S/C22H30N4O7/c1-12-7-9-22(10-8-12)20(31)26(21(32)23-22)24-16(27)11-33-19(30)13(2)25-17(28)14-5-3-4-6-15(14)18(25)29/h12-15H,3-11H2,1-2H3,(H,23,32)(H,24,27). The Kier molecular flexibility index (Phi) is 6.15. The highest BCUT2D eigenvalue weighted by Gasteiger charge is 2.53. The molecule has 3 unspecified atom stereocenters. The van der Waals surface area contributed by atoms with Crippen molar-refractivity contribution in [1.82, 2.24) is 20.7 Å². The van der Waals surface area contributed by atoms with Crippen LogP contribution in [-0.2, 0) is 28.7 Å². The van der Waals surface area contributed by atoms with Crippen LogP contribution < -0.4 is 10.7 Å². The van der Waals surface area contributed by atoms with Crippen LogP contribution in [0.1, 0.15) is 65.2 Å². The second kappa shape index (κ2) is 8.75. The van der Waals surface area contributed by atoms with Crippen LogP contribution in [0.4, 0.5) is 4.79 Å². The quantitative estimate of drug-likeness (QED) is 0.347. The van der Waals surface area contributed by atoms with Crippen molar-refractivity contribution >= 4 is 35.6 Å². The Morgan fingerprint density at radius 3 is 2.21 bits per heavy atom. The number of amides is 6. The van der Waals surface area contributed by atoms with E-state index in [1.807, 2.05) is 0 Å². The second-order valence-corrected chi connectivity index (χ2v) is 9.70. The Hall–Kier alpha value is -2.98. The average Bonchev–Trinajstić information content (AvgIpc) is 3.19. The number of carbonyl (C=O) groups excluding carboxylic acids is 6. The number of nitrogens with one attached hydrogen (secondary N) is 2. The van der Waals surface area contributed by atoms with Crippen LogP contribution in [-0.4, -0.2) is 63.7 Å². The van der Waals surface area contributed by atoms with Crippen molar-refractivity contribution in [1.29, 1.82) is 0 Å².